The normalized spacial score (nSPS) is 10.9. The number of nitrogens with one attached hydrogen (secondary N) is 1. The topological polar surface area (TPSA) is 138 Å². The Morgan fingerprint density at radius 2 is 1.92 bits per heavy atom. The summed E-state index contributed by atoms with van der Waals surface area (Å²) in [4.78, 5) is 14.8. The van der Waals surface area contributed by atoms with Gasteiger partial charge < -0.3 is 5.11 Å². The number of aromatic carboxylic acids is 1. The highest BCUT2D eigenvalue weighted by Gasteiger charge is 2.21. The van der Waals surface area contributed by atoms with E-state index in [1.165, 1.54) is 41.3 Å². The van der Waals surface area contributed by atoms with Crippen LogP contribution in [0.4, 0.5) is 5.82 Å². The Morgan fingerprint density at radius 1 is 1.19 bits per heavy atom. The van der Waals surface area contributed by atoms with Crippen molar-refractivity contribution in [3.8, 4) is 11.9 Å². The number of rotatable bonds is 5. The van der Waals surface area contributed by atoms with Crippen LogP contribution >= 0.6 is 0 Å². The maximum Gasteiger partial charge on any atom is 0.335 e. The lowest BCUT2D eigenvalue weighted by Gasteiger charge is -2.11. The van der Waals surface area contributed by atoms with Gasteiger partial charge in [0, 0.05) is 6.20 Å². The van der Waals surface area contributed by atoms with Crippen LogP contribution in [0.1, 0.15) is 15.9 Å². The number of carbonyl (C=O) groups is 1. The van der Waals surface area contributed by atoms with Gasteiger partial charge in [0.1, 0.15) is 11.6 Å². The van der Waals surface area contributed by atoms with Crippen molar-refractivity contribution in [3.05, 3.63) is 66.0 Å². The number of carboxylic acid groups (broad SMARTS) is 1. The van der Waals surface area contributed by atoms with Crippen molar-refractivity contribution in [1.29, 1.82) is 5.26 Å². The molecule has 1 aromatic carbocycles. The number of carboxylic acids is 1. The van der Waals surface area contributed by atoms with Crippen molar-refractivity contribution >= 4 is 21.8 Å². The summed E-state index contributed by atoms with van der Waals surface area (Å²) < 4.78 is 28.7. The zero-order chi connectivity index (χ0) is 18.7. The van der Waals surface area contributed by atoms with E-state index in [2.05, 4.69) is 14.8 Å². The first kappa shape index (κ1) is 17.1. The maximum atomic E-state index is 12.6. The molecule has 0 bridgehead atoms. The third kappa shape index (κ3) is 3.24. The number of hydrogen-bond acceptors (Lipinski definition) is 6. The predicted molar refractivity (Wildman–Crippen MR) is 90.3 cm³/mol. The number of hydrogen-bond donors (Lipinski definition) is 2. The standard InChI is InChI=1S/C16H11N5O4S/c17-9-12-10-19-21(14-3-1-2-8-18-14)15(12)20-26(24,25)13-6-4-11(5-7-13)16(22)23/h1-8,10,20H,(H,22,23). The molecule has 0 saturated carbocycles. The molecule has 0 aliphatic heterocycles. The molecule has 0 aliphatic rings. The van der Waals surface area contributed by atoms with Crippen LogP contribution in [0, 0.1) is 11.3 Å². The fraction of sp³-hybridized carbons (Fsp3) is 0. The molecule has 3 aromatic rings. The van der Waals surface area contributed by atoms with Gasteiger partial charge in [0.15, 0.2) is 11.6 Å². The number of sulfonamides is 1. The third-order valence-electron chi connectivity index (χ3n) is 3.40. The molecule has 2 aromatic heterocycles. The largest absolute Gasteiger partial charge is 0.478 e. The van der Waals surface area contributed by atoms with Crippen molar-refractivity contribution in [2.45, 2.75) is 4.90 Å². The van der Waals surface area contributed by atoms with Crippen molar-refractivity contribution in [2.24, 2.45) is 0 Å². The quantitative estimate of drug-likeness (QED) is 0.697. The Labute approximate surface area is 148 Å². The molecule has 0 unspecified atom stereocenters. The average molecular weight is 369 g/mol. The molecule has 2 heterocycles. The summed E-state index contributed by atoms with van der Waals surface area (Å²) in [5, 5.41) is 22.1. The number of pyridine rings is 1. The smallest absolute Gasteiger partial charge is 0.335 e. The van der Waals surface area contributed by atoms with Gasteiger partial charge in [-0.15, -0.1) is 0 Å². The van der Waals surface area contributed by atoms with Crippen molar-refractivity contribution < 1.29 is 18.3 Å². The lowest BCUT2D eigenvalue weighted by Crippen LogP contribution is -2.17. The Morgan fingerprint density at radius 3 is 2.50 bits per heavy atom. The molecule has 2 N–H and O–H groups in total. The molecule has 10 heteroatoms. The molecular formula is C16H11N5O4S. The van der Waals surface area contributed by atoms with Crippen LogP contribution in [0.25, 0.3) is 5.82 Å². The molecular weight excluding hydrogens is 358 g/mol. The van der Waals surface area contributed by atoms with E-state index < -0.39 is 16.0 Å². The highest BCUT2D eigenvalue weighted by atomic mass is 32.2. The van der Waals surface area contributed by atoms with E-state index in [0.29, 0.717) is 5.82 Å². The monoisotopic (exact) mass is 369 g/mol. The van der Waals surface area contributed by atoms with E-state index in [1.807, 2.05) is 6.07 Å². The number of anilines is 1. The van der Waals surface area contributed by atoms with Crippen molar-refractivity contribution in [3.63, 3.8) is 0 Å². The van der Waals surface area contributed by atoms with Crippen LogP contribution in [-0.4, -0.2) is 34.3 Å². The first-order valence-electron chi connectivity index (χ1n) is 7.18. The lowest BCUT2D eigenvalue weighted by atomic mass is 10.2. The summed E-state index contributed by atoms with van der Waals surface area (Å²) in [6, 6.07) is 11.5. The second-order valence-electron chi connectivity index (χ2n) is 5.05. The van der Waals surface area contributed by atoms with Gasteiger partial charge in [-0.1, -0.05) is 6.07 Å². The van der Waals surface area contributed by atoms with Crippen LogP contribution in [0.5, 0.6) is 0 Å². The van der Waals surface area contributed by atoms with E-state index in [9.17, 15) is 18.5 Å². The van der Waals surface area contributed by atoms with E-state index in [0.717, 1.165) is 0 Å². The SMILES string of the molecule is N#Cc1cnn(-c2ccccn2)c1NS(=O)(=O)c1ccc(C(=O)O)cc1. The highest BCUT2D eigenvalue weighted by molar-refractivity contribution is 7.92. The van der Waals surface area contributed by atoms with Crippen LogP contribution in [0.3, 0.4) is 0 Å². The van der Waals surface area contributed by atoms with Gasteiger partial charge in [-0.2, -0.15) is 15.0 Å². The summed E-state index contributed by atoms with van der Waals surface area (Å²) in [5.74, 6) is -0.900. The van der Waals surface area contributed by atoms with Crippen LogP contribution in [-0.2, 0) is 10.0 Å². The Bertz CT molecular complexity index is 1100. The molecule has 0 spiro atoms. The Kier molecular flexibility index (Phi) is 4.38. The average Bonchev–Trinajstić information content (AvgIpc) is 3.04. The van der Waals surface area contributed by atoms with E-state index in [1.54, 1.807) is 18.2 Å². The molecule has 0 fully saturated rings. The molecule has 0 radical (unpaired) electrons. The summed E-state index contributed by atoms with van der Waals surface area (Å²) >= 11 is 0. The van der Waals surface area contributed by atoms with Gasteiger partial charge in [-0.3, -0.25) is 4.72 Å². The summed E-state index contributed by atoms with van der Waals surface area (Å²) in [6.45, 7) is 0. The van der Waals surface area contributed by atoms with Gasteiger partial charge in [-0.05, 0) is 36.4 Å². The minimum atomic E-state index is -4.07. The van der Waals surface area contributed by atoms with Crippen LogP contribution in [0.15, 0.2) is 59.8 Å². The maximum absolute atomic E-state index is 12.6. The van der Waals surface area contributed by atoms with E-state index in [4.69, 9.17) is 5.11 Å². The fourth-order valence-corrected chi connectivity index (χ4v) is 3.21. The Hall–Kier alpha value is -3.71. The minimum absolute atomic E-state index is 0.0152. The first-order chi connectivity index (χ1) is 12.4. The van der Waals surface area contributed by atoms with E-state index in [-0.39, 0.29) is 21.8 Å². The Balaban J connectivity index is 2.01. The van der Waals surface area contributed by atoms with Gasteiger partial charge in [0.05, 0.1) is 16.7 Å². The second-order valence-corrected chi connectivity index (χ2v) is 6.74. The number of nitriles is 1. The van der Waals surface area contributed by atoms with Crippen LogP contribution in [0.2, 0.25) is 0 Å². The van der Waals surface area contributed by atoms with Gasteiger partial charge >= 0.3 is 5.97 Å². The molecule has 0 aliphatic carbocycles. The molecule has 26 heavy (non-hydrogen) atoms. The second kappa shape index (κ2) is 6.66. The number of benzene rings is 1. The third-order valence-corrected chi connectivity index (χ3v) is 4.75. The number of nitrogens with zero attached hydrogens (tertiary/aromatic N) is 4. The van der Waals surface area contributed by atoms with Gasteiger partial charge in [0.25, 0.3) is 10.0 Å². The van der Waals surface area contributed by atoms with Crippen molar-refractivity contribution in [2.75, 3.05) is 4.72 Å². The fourth-order valence-electron chi connectivity index (χ4n) is 2.14. The molecule has 0 amide bonds. The zero-order valence-electron chi connectivity index (χ0n) is 13.1. The minimum Gasteiger partial charge on any atom is -0.478 e. The van der Waals surface area contributed by atoms with E-state index >= 15 is 0 Å². The van der Waals surface area contributed by atoms with Crippen LogP contribution < -0.4 is 4.72 Å². The molecule has 9 nitrogen and oxygen atoms in total. The molecule has 0 saturated heterocycles. The summed E-state index contributed by atoms with van der Waals surface area (Å²) in [5.41, 5.74) is -0.0263. The molecule has 130 valence electrons. The molecule has 3 rings (SSSR count). The zero-order valence-corrected chi connectivity index (χ0v) is 13.9. The first-order valence-corrected chi connectivity index (χ1v) is 8.66. The highest BCUT2D eigenvalue weighted by Crippen LogP contribution is 2.22. The van der Waals surface area contributed by atoms with Gasteiger partial charge in [-0.25, -0.2) is 18.2 Å². The summed E-state index contributed by atoms with van der Waals surface area (Å²) in [7, 11) is -4.07. The summed E-state index contributed by atoms with van der Waals surface area (Å²) in [6.07, 6.45) is 2.73. The lowest BCUT2D eigenvalue weighted by molar-refractivity contribution is 0.0696. The number of aromatic nitrogens is 3. The predicted octanol–water partition coefficient (Wildman–Crippen LogP) is 1.64. The van der Waals surface area contributed by atoms with Crippen molar-refractivity contribution in [1.82, 2.24) is 14.8 Å². The molecule has 0 atom stereocenters. The van der Waals surface area contributed by atoms with Gasteiger partial charge in [0.2, 0.25) is 0 Å².